The van der Waals surface area contributed by atoms with Crippen LogP contribution in [0.5, 0.6) is 0 Å². The molecule has 2 saturated heterocycles. The maximum atomic E-state index is 14.8. The summed E-state index contributed by atoms with van der Waals surface area (Å²) in [7, 11) is -3.34. The Hall–Kier alpha value is -2.70. The molecule has 2 heterocycles. The van der Waals surface area contributed by atoms with E-state index >= 15 is 0 Å². The number of piperidine rings is 1. The fourth-order valence-electron chi connectivity index (χ4n) is 10.2. The summed E-state index contributed by atoms with van der Waals surface area (Å²) in [6.07, 6.45) is 13.4. The molecular formula is C37H57N5O7S. The number of amides is 5. The lowest BCUT2D eigenvalue weighted by Crippen LogP contribution is -2.66. The van der Waals surface area contributed by atoms with Crippen LogP contribution in [-0.2, 0) is 29.0 Å². The Balaban J connectivity index is 1.11. The van der Waals surface area contributed by atoms with Gasteiger partial charge in [-0.25, -0.2) is 13.2 Å². The number of carbonyl (C=O) groups excluding carboxylic acids is 5. The first kappa shape index (κ1) is 35.7. The normalized spacial score (nSPS) is 33.3. The van der Waals surface area contributed by atoms with Gasteiger partial charge in [0.05, 0.1) is 22.6 Å². The summed E-state index contributed by atoms with van der Waals surface area (Å²) in [5, 5.41) is 11.3. The van der Waals surface area contributed by atoms with Crippen LogP contribution in [0, 0.1) is 29.1 Å². The Labute approximate surface area is 296 Å². The van der Waals surface area contributed by atoms with Crippen molar-refractivity contribution in [2.24, 2.45) is 29.1 Å². The van der Waals surface area contributed by atoms with Crippen LogP contribution in [0.4, 0.5) is 4.79 Å². The van der Waals surface area contributed by atoms with Crippen molar-refractivity contribution in [2.45, 2.75) is 158 Å². The summed E-state index contributed by atoms with van der Waals surface area (Å²) in [6.45, 7) is 4.52. The molecule has 7 aliphatic rings. The molecule has 13 heteroatoms. The van der Waals surface area contributed by atoms with Gasteiger partial charge in [0.25, 0.3) is 5.91 Å². The number of hydrogen-bond donors (Lipinski definition) is 4. The number of nitrogens with zero attached hydrogens (tertiary/aromatic N) is 1. The Kier molecular flexibility index (Phi) is 9.77. The van der Waals surface area contributed by atoms with E-state index in [0.717, 1.165) is 77.0 Å². The van der Waals surface area contributed by atoms with E-state index in [9.17, 15) is 32.4 Å². The lowest BCUT2D eigenvalue weighted by Gasteiger charge is -2.45. The maximum absolute atomic E-state index is 14.8. The van der Waals surface area contributed by atoms with Crippen molar-refractivity contribution in [3.63, 3.8) is 0 Å². The summed E-state index contributed by atoms with van der Waals surface area (Å²) in [4.78, 5) is 70.8. The second kappa shape index (κ2) is 13.7. The van der Waals surface area contributed by atoms with Crippen LogP contribution in [0.25, 0.3) is 0 Å². The zero-order valence-electron chi connectivity index (χ0n) is 29.8. The molecule has 7 rings (SSSR count). The van der Waals surface area contributed by atoms with Gasteiger partial charge in [0.15, 0.2) is 9.84 Å². The van der Waals surface area contributed by atoms with Crippen molar-refractivity contribution in [3.05, 3.63) is 0 Å². The van der Waals surface area contributed by atoms with Crippen molar-refractivity contribution in [2.75, 3.05) is 12.3 Å². The van der Waals surface area contributed by atoms with Crippen LogP contribution in [-0.4, -0.2) is 90.1 Å². The summed E-state index contributed by atoms with van der Waals surface area (Å²) in [5.41, 5.74) is -1.41. The van der Waals surface area contributed by atoms with E-state index in [1.54, 1.807) is 4.90 Å². The van der Waals surface area contributed by atoms with Gasteiger partial charge < -0.3 is 26.2 Å². The van der Waals surface area contributed by atoms with E-state index in [4.69, 9.17) is 0 Å². The number of urea groups is 1. The van der Waals surface area contributed by atoms with Crippen LogP contribution >= 0.6 is 0 Å². The quantitative estimate of drug-likeness (QED) is 0.225. The fraction of sp³-hybridized carbons (Fsp3) is 0.865. The van der Waals surface area contributed by atoms with Crippen molar-refractivity contribution in [3.8, 4) is 0 Å². The standard InChI is InChI=1S/C37H57N5O7S/c1-22-25-21-42(29(28(22)25)32(44)39-26(20-23-11-12-23)30(43)33(45)38-24-13-14-24)34(46)31(36(2)15-5-3-6-16-36)40-35(47)41-37(17-7-4-8-18-37)27-10-9-19-50(27,48)49/h22-29,31H,3-21H2,1-2H3,(H,38,45)(H,39,44)(H2,40,41,47)/t22?,25-,26?,27?,28+,29+,31-/m1/s1. The minimum absolute atomic E-state index is 0.0260. The predicted octanol–water partition coefficient (Wildman–Crippen LogP) is 3.13. The molecule has 5 amide bonds. The van der Waals surface area contributed by atoms with E-state index in [1.807, 2.05) is 6.92 Å². The number of carbonyl (C=O) groups is 5. The molecule has 5 saturated carbocycles. The van der Waals surface area contributed by atoms with Gasteiger partial charge in [0, 0.05) is 12.6 Å². The van der Waals surface area contributed by atoms with Crippen LogP contribution in [0.15, 0.2) is 0 Å². The molecule has 12 nitrogen and oxygen atoms in total. The molecule has 3 unspecified atom stereocenters. The van der Waals surface area contributed by atoms with Gasteiger partial charge in [-0.1, -0.05) is 65.2 Å². The van der Waals surface area contributed by atoms with Crippen LogP contribution in [0.2, 0.25) is 0 Å². The average molecular weight is 716 g/mol. The first-order valence-corrected chi connectivity index (χ1v) is 21.3. The highest BCUT2D eigenvalue weighted by Gasteiger charge is 2.64. The lowest BCUT2D eigenvalue weighted by atomic mass is 9.70. The smallest absolute Gasteiger partial charge is 0.315 e. The number of hydrogen-bond acceptors (Lipinski definition) is 7. The van der Waals surface area contributed by atoms with E-state index < -0.39 is 67.8 Å². The van der Waals surface area contributed by atoms with Gasteiger partial charge in [-0.3, -0.25) is 19.2 Å². The Bertz CT molecular complexity index is 1480. The third kappa shape index (κ3) is 7.18. The molecule has 0 aromatic rings. The van der Waals surface area contributed by atoms with Crippen LogP contribution in [0.1, 0.15) is 123 Å². The van der Waals surface area contributed by atoms with E-state index in [1.165, 1.54) is 0 Å². The molecule has 7 atom stereocenters. The van der Waals surface area contributed by atoms with E-state index in [0.29, 0.717) is 38.6 Å². The summed E-state index contributed by atoms with van der Waals surface area (Å²) >= 11 is 0. The number of Topliss-reactive ketones (excluding diaryl/α,β-unsaturated/α-hetero) is 1. The molecule has 0 bridgehead atoms. The summed E-state index contributed by atoms with van der Waals surface area (Å²) in [5.74, 6) is -1.22. The fourth-order valence-corrected chi connectivity index (χ4v) is 12.5. The number of rotatable bonds is 12. The Morgan fingerprint density at radius 1 is 0.840 bits per heavy atom. The molecule has 4 N–H and O–H groups in total. The molecule has 0 spiro atoms. The SMILES string of the molecule is CC1[C@H]2[C@@H]1CN(C(=O)[C@@H](NC(=O)NC1(C3CCCS3(=O)=O)CCCCC1)C1(C)CCCCC1)[C@@H]2C(=O)NC(CC1CC1)C(=O)C(=O)NC1CC1. The maximum Gasteiger partial charge on any atom is 0.315 e. The molecular weight excluding hydrogens is 659 g/mol. The number of ketones is 1. The predicted molar refractivity (Wildman–Crippen MR) is 186 cm³/mol. The van der Waals surface area contributed by atoms with Gasteiger partial charge in [-0.05, 0) is 86.9 Å². The number of nitrogens with one attached hydrogen (secondary N) is 4. The highest BCUT2D eigenvalue weighted by atomic mass is 32.2. The highest BCUT2D eigenvalue weighted by molar-refractivity contribution is 7.92. The summed E-state index contributed by atoms with van der Waals surface area (Å²) < 4.78 is 26.3. The minimum Gasteiger partial charge on any atom is -0.347 e. The zero-order chi connectivity index (χ0) is 35.4. The lowest BCUT2D eigenvalue weighted by molar-refractivity contribution is -0.145. The minimum atomic E-state index is -3.34. The van der Waals surface area contributed by atoms with Gasteiger partial charge in [0.1, 0.15) is 12.1 Å². The second-order valence-corrected chi connectivity index (χ2v) is 19.7. The van der Waals surface area contributed by atoms with E-state index in [2.05, 4.69) is 28.2 Å². The second-order valence-electron chi connectivity index (χ2n) is 17.3. The summed E-state index contributed by atoms with van der Waals surface area (Å²) in [6, 6.07) is -3.13. The van der Waals surface area contributed by atoms with Gasteiger partial charge in [-0.2, -0.15) is 0 Å². The third-order valence-corrected chi connectivity index (χ3v) is 16.0. The average Bonchev–Trinajstić information content (AvgIpc) is 4.05. The molecule has 2 aliphatic heterocycles. The van der Waals surface area contributed by atoms with Crippen molar-refractivity contribution >= 4 is 39.4 Å². The Morgan fingerprint density at radius 2 is 1.50 bits per heavy atom. The van der Waals surface area contributed by atoms with Gasteiger partial charge in [0.2, 0.25) is 17.6 Å². The number of likely N-dealkylation sites (tertiary alicyclic amines) is 1. The van der Waals surface area contributed by atoms with Gasteiger partial charge >= 0.3 is 6.03 Å². The highest BCUT2D eigenvalue weighted by Crippen LogP contribution is 2.56. The third-order valence-electron chi connectivity index (χ3n) is 13.6. The molecule has 0 aromatic carbocycles. The molecule has 7 fully saturated rings. The molecule has 50 heavy (non-hydrogen) atoms. The van der Waals surface area contributed by atoms with Crippen LogP contribution < -0.4 is 21.3 Å². The topological polar surface area (TPSA) is 171 Å². The zero-order valence-corrected chi connectivity index (χ0v) is 30.7. The van der Waals surface area contributed by atoms with Crippen molar-refractivity contribution < 1.29 is 32.4 Å². The first-order valence-electron chi connectivity index (χ1n) is 19.6. The first-order chi connectivity index (χ1) is 23.8. The number of fused-ring (bicyclic) bond motifs is 1. The molecule has 278 valence electrons. The van der Waals surface area contributed by atoms with Crippen LogP contribution in [0.3, 0.4) is 0 Å². The van der Waals surface area contributed by atoms with Crippen molar-refractivity contribution in [1.29, 1.82) is 0 Å². The van der Waals surface area contributed by atoms with Crippen molar-refractivity contribution in [1.82, 2.24) is 26.2 Å². The molecule has 5 aliphatic carbocycles. The monoisotopic (exact) mass is 715 g/mol. The largest absolute Gasteiger partial charge is 0.347 e. The molecule has 0 aromatic heterocycles. The molecule has 0 radical (unpaired) electrons. The van der Waals surface area contributed by atoms with E-state index in [-0.39, 0.29) is 41.4 Å². The number of sulfone groups is 1. The van der Waals surface area contributed by atoms with Gasteiger partial charge in [-0.15, -0.1) is 0 Å². The Morgan fingerprint density at radius 3 is 2.10 bits per heavy atom.